The molecule has 0 aromatic carbocycles. The zero-order valence-electron chi connectivity index (χ0n) is 3.87. The maximum Gasteiger partial charge on any atom is 0.392 e. The zero-order chi connectivity index (χ0) is 6.62. The molecule has 0 aliphatic rings. The molecule has 0 radical (unpaired) electrons. The van der Waals surface area contributed by atoms with Crippen molar-refractivity contribution in [2.24, 2.45) is 0 Å². The van der Waals surface area contributed by atoms with E-state index in [2.05, 4.69) is 0 Å². The molecule has 8 heavy (non-hydrogen) atoms. The van der Waals surface area contributed by atoms with E-state index in [1.54, 1.807) is 0 Å². The highest BCUT2D eigenvalue weighted by molar-refractivity contribution is 4.75. The number of alkyl halides is 3. The molecule has 48 valence electrons. The standard InChI is InChI=1S/C4H4F4/c5-3-1-2-4(6,7)8/h1,3H,2H2/b3-1+. The van der Waals surface area contributed by atoms with Crippen LogP contribution in [0.15, 0.2) is 12.4 Å². The van der Waals surface area contributed by atoms with Crippen LogP contribution in [0.3, 0.4) is 0 Å². The highest BCUT2D eigenvalue weighted by Gasteiger charge is 2.24. The number of halogens is 4. The van der Waals surface area contributed by atoms with Gasteiger partial charge in [0.15, 0.2) is 0 Å². The first kappa shape index (κ1) is 7.46. The summed E-state index contributed by atoms with van der Waals surface area (Å²) in [4.78, 5) is 0. The molecule has 0 aromatic heterocycles. The summed E-state index contributed by atoms with van der Waals surface area (Å²) < 4.78 is 43.9. The molecule has 0 aliphatic carbocycles. The largest absolute Gasteiger partial charge is 0.392 e. The lowest BCUT2D eigenvalue weighted by molar-refractivity contribution is -0.125. The summed E-state index contributed by atoms with van der Waals surface area (Å²) in [6, 6.07) is 0. The Labute approximate surface area is 43.8 Å². The van der Waals surface area contributed by atoms with Crippen molar-refractivity contribution in [2.75, 3.05) is 0 Å². The topological polar surface area (TPSA) is 0 Å². The SMILES string of the molecule is F/C=C/CC(F)(F)F. The fourth-order valence-corrected chi connectivity index (χ4v) is 0.178. The van der Waals surface area contributed by atoms with E-state index in [0.29, 0.717) is 6.08 Å². The lowest BCUT2D eigenvalue weighted by atomic mass is 10.4. The second-order valence-corrected chi connectivity index (χ2v) is 1.18. The van der Waals surface area contributed by atoms with Gasteiger partial charge in [0, 0.05) is 0 Å². The third kappa shape index (κ3) is 5.46. The molecule has 0 aromatic rings. The third-order valence-electron chi connectivity index (χ3n) is 0.438. The van der Waals surface area contributed by atoms with Gasteiger partial charge in [0.2, 0.25) is 0 Å². The Kier molecular flexibility index (Phi) is 2.51. The fourth-order valence-electron chi connectivity index (χ4n) is 0.178. The van der Waals surface area contributed by atoms with Gasteiger partial charge in [-0.05, 0) is 6.08 Å². The molecule has 0 amide bonds. The Morgan fingerprint density at radius 2 is 1.75 bits per heavy atom. The van der Waals surface area contributed by atoms with Gasteiger partial charge >= 0.3 is 6.18 Å². The van der Waals surface area contributed by atoms with Gasteiger partial charge in [0.1, 0.15) is 0 Å². The number of hydrogen-bond acceptors (Lipinski definition) is 0. The van der Waals surface area contributed by atoms with E-state index in [4.69, 9.17) is 0 Å². The van der Waals surface area contributed by atoms with Crippen LogP contribution < -0.4 is 0 Å². The molecule has 0 heterocycles. The average Bonchev–Trinajstić information content (AvgIpc) is 1.59. The van der Waals surface area contributed by atoms with Gasteiger partial charge in [-0.2, -0.15) is 13.2 Å². The van der Waals surface area contributed by atoms with Gasteiger partial charge in [0.05, 0.1) is 12.8 Å². The summed E-state index contributed by atoms with van der Waals surface area (Å²) in [5, 5.41) is 0. The van der Waals surface area contributed by atoms with Gasteiger partial charge in [0.25, 0.3) is 0 Å². The summed E-state index contributed by atoms with van der Waals surface area (Å²) in [7, 11) is 0. The monoisotopic (exact) mass is 128 g/mol. The summed E-state index contributed by atoms with van der Waals surface area (Å²) in [6.45, 7) is 0. The second-order valence-electron chi connectivity index (χ2n) is 1.18. The van der Waals surface area contributed by atoms with Crippen LogP contribution in [0.1, 0.15) is 6.42 Å². The summed E-state index contributed by atoms with van der Waals surface area (Å²) in [6.07, 6.45) is -5.17. The minimum absolute atomic E-state index is 0.118. The van der Waals surface area contributed by atoms with Crippen molar-refractivity contribution >= 4 is 0 Å². The van der Waals surface area contributed by atoms with E-state index in [-0.39, 0.29) is 6.33 Å². The first-order valence-corrected chi connectivity index (χ1v) is 1.88. The summed E-state index contributed by atoms with van der Waals surface area (Å²) in [5.74, 6) is 0. The van der Waals surface area contributed by atoms with Gasteiger partial charge in [-0.1, -0.05) is 0 Å². The molecule has 0 N–H and O–H groups in total. The highest BCUT2D eigenvalue weighted by Crippen LogP contribution is 2.19. The van der Waals surface area contributed by atoms with Crippen LogP contribution in [0.2, 0.25) is 0 Å². The van der Waals surface area contributed by atoms with E-state index < -0.39 is 12.6 Å². The van der Waals surface area contributed by atoms with E-state index in [0.717, 1.165) is 0 Å². The van der Waals surface area contributed by atoms with E-state index in [1.165, 1.54) is 0 Å². The van der Waals surface area contributed by atoms with Crippen LogP contribution in [0.25, 0.3) is 0 Å². The lowest BCUT2D eigenvalue weighted by Gasteiger charge is -1.98. The smallest absolute Gasteiger partial charge is 0.216 e. The van der Waals surface area contributed by atoms with Crippen molar-refractivity contribution in [3.8, 4) is 0 Å². The van der Waals surface area contributed by atoms with Crippen molar-refractivity contribution in [3.05, 3.63) is 12.4 Å². The Morgan fingerprint density at radius 1 is 1.25 bits per heavy atom. The third-order valence-corrected chi connectivity index (χ3v) is 0.438. The molecule has 0 saturated heterocycles. The van der Waals surface area contributed by atoms with E-state index in [9.17, 15) is 17.6 Å². The van der Waals surface area contributed by atoms with E-state index >= 15 is 0 Å². The molecule has 0 atom stereocenters. The fraction of sp³-hybridized carbons (Fsp3) is 0.500. The molecular formula is C4H4F4. The maximum absolute atomic E-state index is 11.0. The first-order valence-electron chi connectivity index (χ1n) is 1.88. The van der Waals surface area contributed by atoms with Crippen LogP contribution in [-0.4, -0.2) is 6.18 Å². The van der Waals surface area contributed by atoms with Gasteiger partial charge in [-0.3, -0.25) is 0 Å². The molecule has 0 spiro atoms. The zero-order valence-corrected chi connectivity index (χ0v) is 3.87. The van der Waals surface area contributed by atoms with Crippen molar-refractivity contribution in [1.82, 2.24) is 0 Å². The quantitative estimate of drug-likeness (QED) is 0.475. The molecule has 0 rings (SSSR count). The molecule has 0 bridgehead atoms. The van der Waals surface area contributed by atoms with Crippen LogP contribution in [0, 0.1) is 0 Å². The molecule has 0 unspecified atom stereocenters. The second kappa shape index (κ2) is 2.69. The lowest BCUT2D eigenvalue weighted by Crippen LogP contribution is -2.03. The van der Waals surface area contributed by atoms with Crippen molar-refractivity contribution in [3.63, 3.8) is 0 Å². The Hall–Kier alpha value is -0.540. The highest BCUT2D eigenvalue weighted by atomic mass is 19.4. The molecule has 0 fully saturated rings. The van der Waals surface area contributed by atoms with Gasteiger partial charge in [-0.25, -0.2) is 4.39 Å². The minimum Gasteiger partial charge on any atom is -0.216 e. The normalized spacial score (nSPS) is 13.0. The maximum atomic E-state index is 11.0. The van der Waals surface area contributed by atoms with Crippen LogP contribution in [0.4, 0.5) is 17.6 Å². The Morgan fingerprint density at radius 3 is 1.88 bits per heavy atom. The van der Waals surface area contributed by atoms with Gasteiger partial charge in [-0.15, -0.1) is 0 Å². The molecule has 0 saturated carbocycles. The van der Waals surface area contributed by atoms with Crippen molar-refractivity contribution in [2.45, 2.75) is 12.6 Å². The molecule has 0 nitrogen and oxygen atoms in total. The van der Waals surface area contributed by atoms with E-state index in [1.807, 2.05) is 0 Å². The number of rotatable bonds is 1. The molecular weight excluding hydrogens is 124 g/mol. The number of allylic oxidation sites excluding steroid dienone is 1. The number of hydrogen-bond donors (Lipinski definition) is 0. The Bertz CT molecular complexity index is 80.5. The summed E-state index contributed by atoms with van der Waals surface area (Å²) in [5.41, 5.74) is 0. The summed E-state index contributed by atoms with van der Waals surface area (Å²) >= 11 is 0. The predicted molar refractivity (Wildman–Crippen MR) is 20.9 cm³/mol. The minimum atomic E-state index is -4.28. The van der Waals surface area contributed by atoms with Crippen LogP contribution >= 0.6 is 0 Å². The van der Waals surface area contributed by atoms with Crippen LogP contribution in [0.5, 0.6) is 0 Å². The molecule has 0 aliphatic heterocycles. The van der Waals surface area contributed by atoms with Crippen molar-refractivity contribution in [1.29, 1.82) is 0 Å². The van der Waals surface area contributed by atoms with Gasteiger partial charge < -0.3 is 0 Å². The average molecular weight is 128 g/mol. The molecule has 4 heteroatoms. The van der Waals surface area contributed by atoms with Crippen LogP contribution in [-0.2, 0) is 0 Å². The Balaban J connectivity index is 3.39. The predicted octanol–water partition coefficient (Wildman–Crippen LogP) is 2.42. The first-order chi connectivity index (χ1) is 3.56. The van der Waals surface area contributed by atoms with Crippen molar-refractivity contribution < 1.29 is 17.6 Å².